The van der Waals surface area contributed by atoms with E-state index in [1.807, 2.05) is 72.8 Å². The smallest absolute Gasteiger partial charge is 0.110 e. The van der Waals surface area contributed by atoms with Crippen molar-refractivity contribution < 1.29 is 0 Å². The molecule has 0 aliphatic carbocycles. The molecule has 0 heterocycles. The Bertz CT molecular complexity index is 2050. The molecule has 0 aliphatic rings. The summed E-state index contributed by atoms with van der Waals surface area (Å²) in [4.78, 5) is 0. The van der Waals surface area contributed by atoms with Crippen LogP contribution < -0.4 is 43.7 Å². The lowest BCUT2D eigenvalue weighted by atomic mass is 9.59. The Morgan fingerprint density at radius 2 is 0.571 bits per heavy atom. The molecule has 0 aliphatic heterocycles. The van der Waals surface area contributed by atoms with Crippen molar-refractivity contribution in [3.8, 4) is 22.3 Å². The summed E-state index contributed by atoms with van der Waals surface area (Å²) < 4.78 is 0. The Morgan fingerprint density at radius 1 is 0.286 bits per heavy atom. The van der Waals surface area contributed by atoms with Crippen LogP contribution in [0.25, 0.3) is 65.3 Å². The van der Waals surface area contributed by atoms with E-state index in [0.717, 1.165) is 32.7 Å². The lowest BCUT2D eigenvalue weighted by molar-refractivity contribution is 1.71. The first kappa shape index (κ1) is 27.0. The van der Waals surface area contributed by atoms with Gasteiger partial charge in [0.1, 0.15) is 62.8 Å². The normalized spacial score (nSPS) is 11.6. The summed E-state index contributed by atoms with van der Waals surface area (Å²) in [5, 5.41) is 6.66. The Labute approximate surface area is 255 Å². The summed E-state index contributed by atoms with van der Waals surface area (Å²) in [7, 11) is 53.3. The summed E-state index contributed by atoms with van der Waals surface area (Å²) in [6, 6.07) is 28.4. The number of rotatable bonds is 2. The molecule has 0 fully saturated rings. The van der Waals surface area contributed by atoms with Crippen molar-refractivity contribution in [1.82, 2.24) is 0 Å². The maximum Gasteiger partial charge on any atom is 0.113 e. The van der Waals surface area contributed by atoms with Crippen molar-refractivity contribution in [2.24, 2.45) is 0 Å². The third-order valence-corrected chi connectivity index (χ3v) is 8.39. The molecule has 0 saturated carbocycles. The molecule has 0 amide bonds. The predicted molar refractivity (Wildman–Crippen MR) is 190 cm³/mol. The van der Waals surface area contributed by atoms with Gasteiger partial charge in [0, 0.05) is 0 Å². The Morgan fingerprint density at radius 3 is 0.881 bits per heavy atom. The Hall–Kier alpha value is -3.90. The third-order valence-electron chi connectivity index (χ3n) is 8.39. The molecule has 0 N–H and O–H groups in total. The van der Waals surface area contributed by atoms with Gasteiger partial charge in [-0.1, -0.05) is 94.6 Å². The fourth-order valence-electron chi connectivity index (χ4n) is 6.21. The second-order valence-electron chi connectivity index (χ2n) is 10.7. The van der Waals surface area contributed by atoms with Gasteiger partial charge >= 0.3 is 0 Å². The van der Waals surface area contributed by atoms with Crippen LogP contribution in [0.3, 0.4) is 0 Å². The summed E-state index contributed by atoms with van der Waals surface area (Å²) >= 11 is 0. The van der Waals surface area contributed by atoms with Crippen LogP contribution in [0.5, 0.6) is 0 Å². The number of fused-ring (bicyclic) bond motifs is 4. The zero-order valence-electron chi connectivity index (χ0n) is 22.7. The van der Waals surface area contributed by atoms with Gasteiger partial charge in [-0.25, -0.2) is 0 Å². The first-order valence-electron chi connectivity index (χ1n) is 13.4. The molecule has 8 heteroatoms. The highest BCUT2D eigenvalue weighted by Gasteiger charge is 2.24. The zero-order chi connectivity index (χ0) is 29.4. The largest absolute Gasteiger partial charge is 0.113 e. The van der Waals surface area contributed by atoms with Crippen LogP contribution in [0.2, 0.25) is 0 Å². The first-order chi connectivity index (χ1) is 20.2. The minimum Gasteiger partial charge on any atom is -0.110 e. The van der Waals surface area contributed by atoms with E-state index in [4.69, 9.17) is 62.8 Å². The zero-order valence-corrected chi connectivity index (χ0v) is 22.7. The third kappa shape index (κ3) is 3.81. The van der Waals surface area contributed by atoms with E-state index < -0.39 is 0 Å². The van der Waals surface area contributed by atoms with Crippen LogP contribution >= 0.6 is 0 Å². The highest BCUT2D eigenvalue weighted by atomic mass is 14.2. The topological polar surface area (TPSA) is 0 Å². The minimum absolute atomic E-state index is 0.195. The van der Waals surface area contributed by atoms with E-state index in [1.54, 1.807) is 0 Å². The van der Waals surface area contributed by atoms with E-state index in [-0.39, 0.29) is 43.7 Å². The maximum atomic E-state index is 6.83. The summed E-state index contributed by atoms with van der Waals surface area (Å²) in [6.07, 6.45) is 0. The number of hydrogen-bond donors (Lipinski definition) is 0. The molecule has 0 bridgehead atoms. The van der Waals surface area contributed by atoms with Crippen LogP contribution in [0.15, 0.2) is 84.9 Å². The van der Waals surface area contributed by atoms with Crippen molar-refractivity contribution in [2.75, 3.05) is 0 Å². The first-order valence-corrected chi connectivity index (χ1v) is 13.4. The number of benzene rings is 7. The molecule has 0 nitrogen and oxygen atoms in total. The van der Waals surface area contributed by atoms with Gasteiger partial charge in [-0.05, 0) is 77.5 Å². The molecule has 0 atom stereocenters. The monoisotopic (exact) mass is 510 g/mol. The average Bonchev–Trinajstić information content (AvgIpc) is 3.02. The van der Waals surface area contributed by atoms with Crippen LogP contribution in [0.1, 0.15) is 0 Å². The van der Waals surface area contributed by atoms with Gasteiger partial charge in [0.15, 0.2) is 0 Å². The predicted octanol–water partition coefficient (Wildman–Crippen LogP) is -0.0162. The van der Waals surface area contributed by atoms with Crippen LogP contribution in [0.4, 0.5) is 0 Å². The van der Waals surface area contributed by atoms with Gasteiger partial charge in [-0.15, -0.1) is 21.9 Å². The van der Waals surface area contributed by atoms with Crippen molar-refractivity contribution in [1.29, 1.82) is 0 Å². The average molecular weight is 509 g/mol. The van der Waals surface area contributed by atoms with Gasteiger partial charge in [-0.3, -0.25) is 0 Å². The van der Waals surface area contributed by atoms with Gasteiger partial charge in [0.2, 0.25) is 0 Å². The lowest BCUT2D eigenvalue weighted by Crippen LogP contribution is -2.50. The Kier molecular flexibility index (Phi) is 6.32. The fraction of sp³-hybridized carbons (Fsp3) is 0. The quantitative estimate of drug-likeness (QED) is 0.228. The fourth-order valence-corrected chi connectivity index (χ4v) is 6.21. The van der Waals surface area contributed by atoms with Gasteiger partial charge < -0.3 is 0 Å². The van der Waals surface area contributed by atoms with Crippen molar-refractivity contribution in [3.05, 3.63) is 84.9 Å². The molecular weight excluding hydrogens is 495 g/mol. The van der Waals surface area contributed by atoms with Gasteiger partial charge in [0.05, 0.1) is 0 Å². The second kappa shape index (κ2) is 9.84. The maximum absolute atomic E-state index is 6.83. The molecule has 7 aromatic carbocycles. The molecule has 174 valence electrons. The van der Waals surface area contributed by atoms with E-state index in [2.05, 4.69) is 12.1 Å². The highest BCUT2D eigenvalue weighted by molar-refractivity contribution is 6.71. The van der Waals surface area contributed by atoms with E-state index >= 15 is 0 Å². The highest BCUT2D eigenvalue weighted by Crippen LogP contribution is 2.41. The molecule has 42 heavy (non-hydrogen) atoms. The molecular formula is C34H14B8. The molecule has 7 aromatic rings. The number of hydrogen-bond acceptors (Lipinski definition) is 0. The SMILES string of the molecule is [B]c1c([B])c([B])c2c(-c3ccc4ccccc4c3)c3c([B])c([B])c([B])c([B])c3c(-c3ccc4ccccc4c3)c2c1[B]. The van der Waals surface area contributed by atoms with Crippen molar-refractivity contribution in [3.63, 3.8) is 0 Å². The van der Waals surface area contributed by atoms with Crippen molar-refractivity contribution in [2.45, 2.75) is 0 Å². The molecule has 7 rings (SSSR count). The minimum atomic E-state index is 0.195. The molecule has 0 unspecified atom stereocenters. The lowest BCUT2D eigenvalue weighted by Gasteiger charge is -2.28. The summed E-state index contributed by atoms with van der Waals surface area (Å²) in [5.74, 6) is 0. The van der Waals surface area contributed by atoms with E-state index in [9.17, 15) is 0 Å². The Balaban J connectivity index is 1.81. The van der Waals surface area contributed by atoms with Crippen LogP contribution in [-0.2, 0) is 0 Å². The van der Waals surface area contributed by atoms with Crippen LogP contribution in [0, 0.1) is 0 Å². The van der Waals surface area contributed by atoms with Crippen LogP contribution in [-0.4, -0.2) is 62.8 Å². The molecule has 16 radical (unpaired) electrons. The second-order valence-corrected chi connectivity index (χ2v) is 10.7. The van der Waals surface area contributed by atoms with Crippen molar-refractivity contribution >= 4 is 150 Å². The molecule has 0 aromatic heterocycles. The summed E-state index contributed by atoms with van der Waals surface area (Å²) in [6.45, 7) is 0. The van der Waals surface area contributed by atoms with Gasteiger partial charge in [-0.2, -0.15) is 0 Å². The standard InChI is InChI=1S/C34H14B8/c35-27-23-21(19-11-9-15-5-1-3-7-17(15)13-19)24-26(30(38)34(42)32(40)28(24)36)22(25(23)29(37)33(41)31(27)39)20-12-10-16-6-2-4-8-18(16)14-20/h1-14H. The summed E-state index contributed by atoms with van der Waals surface area (Å²) in [5.41, 5.74) is 5.00. The molecule has 0 spiro atoms. The molecule has 0 saturated heterocycles. The van der Waals surface area contributed by atoms with E-state index in [0.29, 0.717) is 32.7 Å². The van der Waals surface area contributed by atoms with Gasteiger partial charge in [0.25, 0.3) is 0 Å². The van der Waals surface area contributed by atoms with E-state index in [1.165, 1.54) is 0 Å².